The predicted molar refractivity (Wildman–Crippen MR) is 88.5 cm³/mol. The fourth-order valence-corrected chi connectivity index (χ4v) is 2.73. The van der Waals surface area contributed by atoms with Crippen molar-refractivity contribution < 1.29 is 24.5 Å². The van der Waals surface area contributed by atoms with Crippen molar-refractivity contribution in [3.05, 3.63) is 51.5 Å². The van der Waals surface area contributed by atoms with Crippen LogP contribution in [0.25, 0.3) is 0 Å². The second-order valence-electron chi connectivity index (χ2n) is 4.79. The second-order valence-corrected chi connectivity index (χ2v) is 5.71. The predicted octanol–water partition coefficient (Wildman–Crippen LogP) is 3.42. The van der Waals surface area contributed by atoms with Crippen LogP contribution in [0.5, 0.6) is 11.5 Å². The van der Waals surface area contributed by atoms with Crippen molar-refractivity contribution in [2.75, 3.05) is 12.4 Å². The first kappa shape index (κ1) is 16.8. The van der Waals surface area contributed by atoms with Gasteiger partial charge in [-0.25, -0.2) is 4.79 Å². The minimum Gasteiger partial charge on any atom is -0.507 e. The molecule has 0 fully saturated rings. The van der Waals surface area contributed by atoms with E-state index in [9.17, 15) is 14.7 Å². The lowest BCUT2D eigenvalue weighted by atomic mass is 10.1. The van der Waals surface area contributed by atoms with E-state index in [2.05, 4.69) is 21.2 Å². The molecule has 0 spiro atoms. The lowest BCUT2D eigenvalue weighted by molar-refractivity contribution is 0.0693. The molecule has 0 aliphatic carbocycles. The topological polar surface area (TPSA) is 95.9 Å². The fourth-order valence-electron chi connectivity index (χ4n) is 2.15. The van der Waals surface area contributed by atoms with Crippen LogP contribution in [0.2, 0.25) is 0 Å². The molecule has 2 rings (SSSR count). The molecular weight excluding hydrogens is 366 g/mol. The van der Waals surface area contributed by atoms with Crippen molar-refractivity contribution in [1.82, 2.24) is 0 Å². The lowest BCUT2D eigenvalue weighted by Gasteiger charge is -2.13. The molecule has 7 heteroatoms. The summed E-state index contributed by atoms with van der Waals surface area (Å²) in [6, 6.07) is 7.24. The number of aryl methyl sites for hydroxylation is 1. The highest BCUT2D eigenvalue weighted by Crippen LogP contribution is 2.29. The van der Waals surface area contributed by atoms with Crippen LogP contribution in [0, 0.1) is 6.92 Å². The quantitative estimate of drug-likeness (QED) is 0.707. The van der Waals surface area contributed by atoms with E-state index in [1.54, 1.807) is 6.07 Å². The molecule has 2 aromatic carbocycles. The van der Waals surface area contributed by atoms with Crippen molar-refractivity contribution in [3.8, 4) is 11.5 Å². The number of amides is 1. The van der Waals surface area contributed by atoms with Gasteiger partial charge in [0.2, 0.25) is 0 Å². The number of rotatable bonds is 4. The van der Waals surface area contributed by atoms with Gasteiger partial charge < -0.3 is 20.3 Å². The molecule has 0 aromatic heterocycles. The Kier molecular flexibility index (Phi) is 4.90. The number of benzene rings is 2. The summed E-state index contributed by atoms with van der Waals surface area (Å²) >= 11 is 3.32. The zero-order valence-corrected chi connectivity index (χ0v) is 14.0. The molecule has 120 valence electrons. The Labute approximate surface area is 140 Å². The summed E-state index contributed by atoms with van der Waals surface area (Å²) < 4.78 is 5.98. The van der Waals surface area contributed by atoms with E-state index in [1.807, 2.05) is 13.0 Å². The molecule has 0 atom stereocenters. The standard InChI is InChI=1S/C16H14BrNO5/c1-8-5-9(17)6-12(14(8)23-2)15(20)18-10-3-4-13(19)11(7-10)16(21)22/h3-7,19H,1-2H3,(H,18,20)(H,21,22). The third-order valence-electron chi connectivity index (χ3n) is 3.17. The largest absolute Gasteiger partial charge is 0.507 e. The highest BCUT2D eigenvalue weighted by molar-refractivity contribution is 9.10. The maximum atomic E-state index is 12.4. The fraction of sp³-hybridized carbons (Fsp3) is 0.125. The van der Waals surface area contributed by atoms with Gasteiger partial charge in [0.15, 0.2) is 0 Å². The van der Waals surface area contributed by atoms with Gasteiger partial charge in [0, 0.05) is 10.2 Å². The highest BCUT2D eigenvalue weighted by Gasteiger charge is 2.17. The summed E-state index contributed by atoms with van der Waals surface area (Å²) in [7, 11) is 1.47. The van der Waals surface area contributed by atoms with Crippen molar-refractivity contribution in [2.24, 2.45) is 0 Å². The average molecular weight is 380 g/mol. The monoisotopic (exact) mass is 379 g/mol. The van der Waals surface area contributed by atoms with Crippen molar-refractivity contribution >= 4 is 33.5 Å². The van der Waals surface area contributed by atoms with Gasteiger partial charge >= 0.3 is 5.97 Å². The molecule has 3 N–H and O–H groups in total. The van der Waals surface area contributed by atoms with Gasteiger partial charge in [-0.2, -0.15) is 0 Å². The molecule has 0 aliphatic rings. The molecule has 1 amide bonds. The van der Waals surface area contributed by atoms with Crippen LogP contribution in [0.15, 0.2) is 34.8 Å². The number of methoxy groups -OCH3 is 1. The van der Waals surface area contributed by atoms with Crippen LogP contribution < -0.4 is 10.1 Å². The Hall–Kier alpha value is -2.54. The number of carboxylic acid groups (broad SMARTS) is 1. The zero-order valence-electron chi connectivity index (χ0n) is 12.4. The SMILES string of the molecule is COc1c(C)cc(Br)cc1C(=O)Nc1ccc(O)c(C(=O)O)c1. The van der Waals surface area contributed by atoms with Crippen molar-refractivity contribution in [1.29, 1.82) is 0 Å². The van der Waals surface area contributed by atoms with E-state index >= 15 is 0 Å². The van der Waals surface area contributed by atoms with Crippen LogP contribution in [-0.4, -0.2) is 29.2 Å². The number of carbonyl (C=O) groups is 2. The summed E-state index contributed by atoms with van der Waals surface area (Å²) in [5, 5.41) is 21.1. The molecule has 0 bridgehead atoms. The normalized spacial score (nSPS) is 10.2. The molecule has 23 heavy (non-hydrogen) atoms. The number of ether oxygens (including phenoxy) is 1. The number of halogens is 1. The summed E-state index contributed by atoms with van der Waals surface area (Å²) in [6.45, 7) is 1.81. The summed E-state index contributed by atoms with van der Waals surface area (Å²) in [6.07, 6.45) is 0. The Balaban J connectivity index is 2.37. The van der Waals surface area contributed by atoms with E-state index < -0.39 is 11.9 Å². The molecule has 6 nitrogen and oxygen atoms in total. The Morgan fingerprint density at radius 1 is 1.17 bits per heavy atom. The number of hydrogen-bond acceptors (Lipinski definition) is 4. The Bertz CT molecular complexity index is 788. The maximum Gasteiger partial charge on any atom is 0.339 e. The van der Waals surface area contributed by atoms with Gasteiger partial charge in [-0.05, 0) is 42.8 Å². The van der Waals surface area contributed by atoms with E-state index in [4.69, 9.17) is 9.84 Å². The van der Waals surface area contributed by atoms with Crippen LogP contribution in [0.1, 0.15) is 26.3 Å². The molecular formula is C16H14BrNO5. The van der Waals surface area contributed by atoms with Gasteiger partial charge in [-0.1, -0.05) is 15.9 Å². The van der Waals surface area contributed by atoms with Gasteiger partial charge in [-0.3, -0.25) is 4.79 Å². The first-order chi connectivity index (χ1) is 10.8. The number of carboxylic acids is 1. The summed E-state index contributed by atoms with van der Waals surface area (Å²) in [4.78, 5) is 23.5. The van der Waals surface area contributed by atoms with Crippen molar-refractivity contribution in [2.45, 2.75) is 6.92 Å². The summed E-state index contributed by atoms with van der Waals surface area (Å²) in [5.74, 6) is -1.67. The molecule has 0 radical (unpaired) electrons. The lowest BCUT2D eigenvalue weighted by Crippen LogP contribution is -2.14. The number of aromatic carboxylic acids is 1. The van der Waals surface area contributed by atoms with Crippen molar-refractivity contribution in [3.63, 3.8) is 0 Å². The number of anilines is 1. The minimum atomic E-state index is -1.28. The third kappa shape index (κ3) is 3.62. The van der Waals surface area contributed by atoms with Gasteiger partial charge in [-0.15, -0.1) is 0 Å². The Morgan fingerprint density at radius 2 is 1.87 bits per heavy atom. The molecule has 0 saturated carbocycles. The van der Waals surface area contributed by atoms with E-state index in [0.29, 0.717) is 11.3 Å². The highest BCUT2D eigenvalue weighted by atomic mass is 79.9. The van der Waals surface area contributed by atoms with E-state index in [-0.39, 0.29) is 17.0 Å². The van der Waals surface area contributed by atoms with E-state index in [1.165, 1.54) is 25.3 Å². The van der Waals surface area contributed by atoms with Gasteiger partial charge in [0.25, 0.3) is 5.91 Å². The summed E-state index contributed by atoms with van der Waals surface area (Å²) in [5.41, 5.74) is 1.05. The second kappa shape index (κ2) is 6.70. The smallest absolute Gasteiger partial charge is 0.339 e. The Morgan fingerprint density at radius 3 is 2.48 bits per heavy atom. The number of carbonyl (C=O) groups excluding carboxylic acids is 1. The average Bonchev–Trinajstić information content (AvgIpc) is 2.48. The molecule has 2 aromatic rings. The van der Waals surface area contributed by atoms with Gasteiger partial charge in [0.05, 0.1) is 12.7 Å². The first-order valence-electron chi connectivity index (χ1n) is 6.55. The van der Waals surface area contributed by atoms with Crippen LogP contribution in [0.3, 0.4) is 0 Å². The van der Waals surface area contributed by atoms with E-state index in [0.717, 1.165) is 10.0 Å². The molecule has 0 heterocycles. The maximum absolute atomic E-state index is 12.4. The number of aromatic hydroxyl groups is 1. The number of hydrogen-bond donors (Lipinski definition) is 3. The first-order valence-corrected chi connectivity index (χ1v) is 7.34. The molecule has 0 aliphatic heterocycles. The number of phenols is 1. The van der Waals surface area contributed by atoms with Crippen LogP contribution >= 0.6 is 15.9 Å². The number of nitrogens with one attached hydrogen (secondary N) is 1. The third-order valence-corrected chi connectivity index (χ3v) is 3.63. The van der Waals surface area contributed by atoms with Gasteiger partial charge in [0.1, 0.15) is 17.1 Å². The zero-order chi connectivity index (χ0) is 17.1. The van der Waals surface area contributed by atoms with Crippen LogP contribution in [0.4, 0.5) is 5.69 Å². The molecule has 0 saturated heterocycles. The minimum absolute atomic E-state index is 0.255. The van der Waals surface area contributed by atoms with Crippen LogP contribution in [-0.2, 0) is 0 Å². The molecule has 0 unspecified atom stereocenters.